The number of hydrogen-bond donors (Lipinski definition) is 1. The molecule has 3 aliphatic rings. The highest BCUT2D eigenvalue weighted by molar-refractivity contribution is 5.95. The van der Waals surface area contributed by atoms with Crippen LogP contribution < -0.4 is 5.32 Å². The highest BCUT2D eigenvalue weighted by Crippen LogP contribution is 2.26. The molecule has 5 rings (SSSR count). The van der Waals surface area contributed by atoms with Gasteiger partial charge in [0, 0.05) is 37.3 Å². The molecule has 1 unspecified atom stereocenters. The average Bonchev–Trinajstić information content (AvgIpc) is 3.50. The molecule has 0 aromatic heterocycles. The van der Waals surface area contributed by atoms with E-state index in [4.69, 9.17) is 0 Å². The molecule has 2 aromatic rings. The van der Waals surface area contributed by atoms with E-state index in [-0.39, 0.29) is 5.91 Å². The van der Waals surface area contributed by atoms with Crippen LogP contribution in [0.3, 0.4) is 0 Å². The summed E-state index contributed by atoms with van der Waals surface area (Å²) in [5.74, 6) is 0.244. The lowest BCUT2D eigenvalue weighted by atomic mass is 9.87. The molecule has 0 bridgehead atoms. The third-order valence-corrected chi connectivity index (χ3v) is 7.42. The highest BCUT2D eigenvalue weighted by Gasteiger charge is 2.32. The molecule has 2 fully saturated rings. The molecule has 0 spiro atoms. The number of hydrogen-bond acceptors (Lipinski definition) is 3. The first-order chi connectivity index (χ1) is 15.3. The summed E-state index contributed by atoms with van der Waals surface area (Å²) in [4.78, 5) is 18.0. The van der Waals surface area contributed by atoms with Crippen LogP contribution in [0.5, 0.6) is 0 Å². The molecule has 1 aliphatic carbocycles. The number of carbonyl (C=O) groups excluding carboxylic acids is 1. The van der Waals surface area contributed by atoms with Crippen LogP contribution in [0, 0.1) is 0 Å². The molecule has 2 heterocycles. The van der Waals surface area contributed by atoms with Crippen molar-refractivity contribution in [1.82, 2.24) is 15.1 Å². The van der Waals surface area contributed by atoms with Crippen LogP contribution in [0.15, 0.2) is 48.5 Å². The zero-order valence-electron chi connectivity index (χ0n) is 18.6. The van der Waals surface area contributed by atoms with Gasteiger partial charge in [0.1, 0.15) is 0 Å². The lowest BCUT2D eigenvalue weighted by Gasteiger charge is -2.29. The van der Waals surface area contributed by atoms with Crippen LogP contribution in [0.2, 0.25) is 0 Å². The van der Waals surface area contributed by atoms with Crippen molar-refractivity contribution < 1.29 is 4.79 Å². The van der Waals surface area contributed by atoms with Gasteiger partial charge in [0.25, 0.3) is 5.91 Å². The molecule has 164 valence electrons. The first-order valence-corrected chi connectivity index (χ1v) is 12.2. The van der Waals surface area contributed by atoms with Crippen molar-refractivity contribution in [3.05, 3.63) is 70.8 Å². The summed E-state index contributed by atoms with van der Waals surface area (Å²) in [6.45, 7) is 5.31. The SMILES string of the molecule is O=C(c1ccc2c(c1)CCC(NCc1ccccc1)C2)N1CCC[C@H]1CN1CCCC1. The summed E-state index contributed by atoms with van der Waals surface area (Å²) in [7, 11) is 0. The Morgan fingerprint density at radius 1 is 0.935 bits per heavy atom. The van der Waals surface area contributed by atoms with E-state index >= 15 is 0 Å². The standard InChI is InChI=1S/C27H35N3O/c31-27(30-16-6-9-26(30)20-29-14-4-5-15-29)24-11-10-23-18-25(13-12-22(23)17-24)28-19-21-7-2-1-3-8-21/h1-3,7-8,10-11,17,25-26,28H,4-6,9,12-16,18-20H2/t25?,26-/m0/s1. The largest absolute Gasteiger partial charge is 0.334 e. The molecular weight excluding hydrogens is 382 g/mol. The number of carbonyl (C=O) groups is 1. The summed E-state index contributed by atoms with van der Waals surface area (Å²) < 4.78 is 0. The van der Waals surface area contributed by atoms with Crippen molar-refractivity contribution in [3.8, 4) is 0 Å². The van der Waals surface area contributed by atoms with E-state index in [2.05, 4.69) is 63.6 Å². The maximum atomic E-state index is 13.3. The summed E-state index contributed by atoms with van der Waals surface area (Å²) in [6, 6.07) is 18.0. The topological polar surface area (TPSA) is 35.6 Å². The second kappa shape index (κ2) is 9.54. The molecule has 0 radical (unpaired) electrons. The average molecular weight is 418 g/mol. The summed E-state index contributed by atoms with van der Waals surface area (Å²) in [5.41, 5.74) is 5.01. The Hall–Kier alpha value is -2.17. The summed E-state index contributed by atoms with van der Waals surface area (Å²) in [5, 5.41) is 3.72. The minimum Gasteiger partial charge on any atom is -0.334 e. The number of fused-ring (bicyclic) bond motifs is 1. The van der Waals surface area contributed by atoms with Crippen molar-refractivity contribution in [2.24, 2.45) is 0 Å². The van der Waals surface area contributed by atoms with E-state index in [1.807, 2.05) is 0 Å². The first-order valence-electron chi connectivity index (χ1n) is 12.2. The van der Waals surface area contributed by atoms with E-state index in [9.17, 15) is 4.79 Å². The zero-order valence-corrected chi connectivity index (χ0v) is 18.6. The van der Waals surface area contributed by atoms with Crippen LogP contribution in [-0.4, -0.2) is 54.0 Å². The Kier molecular flexibility index (Phi) is 6.37. The molecule has 2 atom stereocenters. The van der Waals surface area contributed by atoms with Crippen LogP contribution in [0.25, 0.3) is 0 Å². The van der Waals surface area contributed by atoms with Gasteiger partial charge >= 0.3 is 0 Å². The van der Waals surface area contributed by atoms with Crippen molar-refractivity contribution in [3.63, 3.8) is 0 Å². The summed E-state index contributed by atoms with van der Waals surface area (Å²) >= 11 is 0. The Bertz CT molecular complexity index is 891. The Morgan fingerprint density at radius 2 is 1.77 bits per heavy atom. The van der Waals surface area contributed by atoms with Gasteiger partial charge in [0.05, 0.1) is 0 Å². The molecule has 4 nitrogen and oxygen atoms in total. The zero-order chi connectivity index (χ0) is 21.0. The number of amides is 1. The van der Waals surface area contributed by atoms with E-state index in [0.29, 0.717) is 12.1 Å². The van der Waals surface area contributed by atoms with Gasteiger partial charge in [-0.2, -0.15) is 0 Å². The van der Waals surface area contributed by atoms with Crippen LogP contribution in [0.1, 0.15) is 59.2 Å². The molecule has 1 N–H and O–H groups in total. The fourth-order valence-corrected chi connectivity index (χ4v) is 5.64. The molecule has 31 heavy (non-hydrogen) atoms. The second-order valence-corrected chi connectivity index (χ2v) is 9.59. The fourth-order valence-electron chi connectivity index (χ4n) is 5.64. The minimum atomic E-state index is 0.244. The third-order valence-electron chi connectivity index (χ3n) is 7.42. The van der Waals surface area contributed by atoms with Crippen molar-refractivity contribution in [1.29, 1.82) is 0 Å². The number of likely N-dealkylation sites (tertiary alicyclic amines) is 2. The van der Waals surface area contributed by atoms with Gasteiger partial charge in [0.2, 0.25) is 0 Å². The van der Waals surface area contributed by atoms with Crippen molar-refractivity contribution in [2.75, 3.05) is 26.2 Å². The monoisotopic (exact) mass is 417 g/mol. The molecular formula is C27H35N3O. The van der Waals surface area contributed by atoms with Gasteiger partial charge in [0.15, 0.2) is 0 Å². The van der Waals surface area contributed by atoms with Gasteiger partial charge in [-0.15, -0.1) is 0 Å². The van der Waals surface area contributed by atoms with Gasteiger partial charge in [-0.05, 0) is 86.9 Å². The lowest BCUT2D eigenvalue weighted by Crippen LogP contribution is -2.42. The summed E-state index contributed by atoms with van der Waals surface area (Å²) in [6.07, 6.45) is 8.17. The van der Waals surface area contributed by atoms with Gasteiger partial charge in [-0.1, -0.05) is 36.4 Å². The maximum Gasteiger partial charge on any atom is 0.254 e. The quantitative estimate of drug-likeness (QED) is 0.771. The minimum absolute atomic E-state index is 0.244. The van der Waals surface area contributed by atoms with Crippen molar-refractivity contribution in [2.45, 2.75) is 63.6 Å². The van der Waals surface area contributed by atoms with E-state index < -0.39 is 0 Å². The molecule has 0 saturated carbocycles. The molecule has 2 aliphatic heterocycles. The Balaban J connectivity index is 1.20. The number of benzene rings is 2. The first kappa shape index (κ1) is 20.7. The van der Waals surface area contributed by atoms with Crippen LogP contribution >= 0.6 is 0 Å². The number of nitrogens with one attached hydrogen (secondary N) is 1. The molecule has 2 aromatic carbocycles. The number of aryl methyl sites for hydroxylation is 1. The molecule has 2 saturated heterocycles. The molecule has 4 heteroatoms. The fraction of sp³-hybridized carbons (Fsp3) is 0.519. The van der Waals surface area contributed by atoms with Crippen LogP contribution in [-0.2, 0) is 19.4 Å². The smallest absolute Gasteiger partial charge is 0.254 e. The van der Waals surface area contributed by atoms with Gasteiger partial charge < -0.3 is 15.1 Å². The normalized spacial score (nSPS) is 23.8. The highest BCUT2D eigenvalue weighted by atomic mass is 16.2. The molecule has 1 amide bonds. The number of rotatable bonds is 6. The number of nitrogens with zero attached hydrogens (tertiary/aromatic N) is 2. The van der Waals surface area contributed by atoms with Gasteiger partial charge in [-0.25, -0.2) is 0 Å². The van der Waals surface area contributed by atoms with E-state index in [0.717, 1.165) is 57.3 Å². The Labute approximate surface area is 186 Å². The predicted octanol–water partition coefficient (Wildman–Crippen LogP) is 4.03. The van der Waals surface area contributed by atoms with E-state index in [1.165, 1.54) is 42.6 Å². The maximum absolute atomic E-state index is 13.3. The van der Waals surface area contributed by atoms with Crippen molar-refractivity contribution >= 4 is 5.91 Å². The predicted molar refractivity (Wildman–Crippen MR) is 125 cm³/mol. The second-order valence-electron chi connectivity index (χ2n) is 9.59. The Morgan fingerprint density at radius 3 is 2.61 bits per heavy atom. The lowest BCUT2D eigenvalue weighted by molar-refractivity contribution is 0.0708. The van der Waals surface area contributed by atoms with E-state index in [1.54, 1.807) is 0 Å². The third kappa shape index (κ3) is 4.86. The van der Waals surface area contributed by atoms with Gasteiger partial charge in [-0.3, -0.25) is 4.79 Å². The van der Waals surface area contributed by atoms with Crippen LogP contribution in [0.4, 0.5) is 0 Å².